The highest BCUT2D eigenvalue weighted by molar-refractivity contribution is 5.27. The van der Waals surface area contributed by atoms with E-state index in [0.29, 0.717) is 13.7 Å². The van der Waals surface area contributed by atoms with Gasteiger partial charge in [-0.15, -0.1) is 17.2 Å². The minimum atomic E-state index is -0.869. The largest absolute Gasteiger partial charge is 0.345 e. The molecule has 0 amide bonds. The third-order valence-corrected chi connectivity index (χ3v) is 1.90. The summed E-state index contributed by atoms with van der Waals surface area (Å²) in [6, 6.07) is 0. The summed E-state index contributed by atoms with van der Waals surface area (Å²) in [5.41, 5.74) is 4.24. The van der Waals surface area contributed by atoms with Crippen LogP contribution in [-0.2, 0) is 0 Å². The molecular formula is C12H9N3O3. The van der Waals surface area contributed by atoms with Gasteiger partial charge in [0.25, 0.3) is 0 Å². The van der Waals surface area contributed by atoms with Crippen LogP contribution in [0.5, 0.6) is 0 Å². The molecule has 18 heavy (non-hydrogen) atoms. The molecule has 0 saturated heterocycles. The summed E-state index contributed by atoms with van der Waals surface area (Å²) in [6.07, 6.45) is 3.06. The highest BCUT2D eigenvalue weighted by atomic mass is 16.2. The number of aromatic nitrogens is 3. The molecular weight excluding hydrogens is 234 g/mol. The van der Waals surface area contributed by atoms with Crippen LogP contribution in [0.3, 0.4) is 0 Å². The molecule has 0 saturated carbocycles. The minimum Gasteiger partial charge on any atom is -0.246 e. The van der Waals surface area contributed by atoms with E-state index in [1.54, 1.807) is 0 Å². The highest BCUT2D eigenvalue weighted by Crippen LogP contribution is 1.77. The van der Waals surface area contributed by atoms with Crippen LogP contribution in [0.15, 0.2) is 51.3 Å². The van der Waals surface area contributed by atoms with Crippen molar-refractivity contribution in [2.24, 2.45) is 0 Å². The van der Waals surface area contributed by atoms with Gasteiger partial charge in [0.2, 0.25) is 0 Å². The van der Waals surface area contributed by atoms with Crippen molar-refractivity contribution in [3.63, 3.8) is 0 Å². The average molecular weight is 243 g/mol. The molecule has 0 fully saturated rings. The zero-order valence-corrected chi connectivity index (χ0v) is 9.42. The van der Waals surface area contributed by atoms with E-state index in [0.717, 1.165) is 18.6 Å². The van der Waals surface area contributed by atoms with Gasteiger partial charge in [-0.1, -0.05) is 19.7 Å². The van der Waals surface area contributed by atoms with E-state index in [1.807, 2.05) is 0 Å². The van der Waals surface area contributed by atoms with E-state index in [9.17, 15) is 14.4 Å². The van der Waals surface area contributed by atoms with E-state index in [2.05, 4.69) is 36.9 Å². The molecule has 6 nitrogen and oxygen atoms in total. The van der Waals surface area contributed by atoms with Crippen LogP contribution >= 0.6 is 0 Å². The van der Waals surface area contributed by atoms with Crippen molar-refractivity contribution in [1.29, 1.82) is 0 Å². The standard InChI is InChI=1S/C12H9N3O3/c1-4-7-13-10(16)14(8-5-2)12(18)15(9-6-3)11(13)17/h7-9H,1-3H2. The van der Waals surface area contributed by atoms with Crippen molar-refractivity contribution < 1.29 is 0 Å². The van der Waals surface area contributed by atoms with Gasteiger partial charge in [0.15, 0.2) is 0 Å². The first-order valence-corrected chi connectivity index (χ1v) is 4.66. The Morgan fingerprint density at radius 2 is 0.889 bits per heavy atom. The maximum atomic E-state index is 11.8. The molecule has 6 heteroatoms. The number of nitrogens with zero attached hydrogens (tertiary/aromatic N) is 3. The van der Waals surface area contributed by atoms with Crippen LogP contribution in [0.2, 0.25) is 0 Å². The lowest BCUT2D eigenvalue weighted by atomic mass is 10.7. The Kier molecular flexibility index (Phi) is 3.87. The van der Waals surface area contributed by atoms with Crippen molar-refractivity contribution in [3.8, 4) is 0 Å². The maximum absolute atomic E-state index is 11.8. The Labute approximate surface area is 101 Å². The lowest BCUT2D eigenvalue weighted by Gasteiger charge is -2.03. The molecule has 1 rings (SSSR count). The van der Waals surface area contributed by atoms with Crippen LogP contribution in [-0.4, -0.2) is 13.7 Å². The van der Waals surface area contributed by atoms with Gasteiger partial charge in [0.05, 0.1) is 18.6 Å². The highest BCUT2D eigenvalue weighted by Gasteiger charge is 2.10. The van der Waals surface area contributed by atoms with Gasteiger partial charge in [-0.05, 0) is 0 Å². The van der Waals surface area contributed by atoms with Crippen LogP contribution in [0.4, 0.5) is 0 Å². The van der Waals surface area contributed by atoms with Crippen molar-refractivity contribution >= 4 is 18.6 Å². The number of hydrogen-bond acceptors (Lipinski definition) is 3. The summed E-state index contributed by atoms with van der Waals surface area (Å²) in [7, 11) is 0. The van der Waals surface area contributed by atoms with E-state index in [1.165, 1.54) is 0 Å². The fraction of sp³-hybridized carbons (Fsp3) is 0. The van der Waals surface area contributed by atoms with Gasteiger partial charge >= 0.3 is 17.1 Å². The van der Waals surface area contributed by atoms with E-state index >= 15 is 0 Å². The Balaban J connectivity index is 4.13. The predicted molar refractivity (Wildman–Crippen MR) is 68.9 cm³/mol. The van der Waals surface area contributed by atoms with Gasteiger partial charge in [0, 0.05) is 0 Å². The molecule has 0 aliphatic carbocycles. The molecule has 0 bridgehead atoms. The molecule has 0 spiro atoms. The fourth-order valence-electron chi connectivity index (χ4n) is 1.20. The number of hydrogen-bond donors (Lipinski definition) is 0. The van der Waals surface area contributed by atoms with Crippen molar-refractivity contribution in [2.75, 3.05) is 0 Å². The summed E-state index contributed by atoms with van der Waals surface area (Å²) in [6.45, 7) is 9.78. The summed E-state index contributed by atoms with van der Waals surface area (Å²) < 4.78 is 1.99. The first-order chi connectivity index (χ1) is 8.58. The predicted octanol–water partition coefficient (Wildman–Crippen LogP) is -0.0615. The lowest BCUT2D eigenvalue weighted by Crippen LogP contribution is -2.50. The zero-order valence-electron chi connectivity index (χ0n) is 9.42. The Bertz CT molecular complexity index is 661. The quantitative estimate of drug-likeness (QED) is 0.698. The average Bonchev–Trinajstić information content (AvgIpc) is 2.35. The molecule has 0 N–H and O–H groups in total. The Morgan fingerprint density at radius 1 is 0.667 bits per heavy atom. The molecule has 0 aliphatic rings. The fourth-order valence-corrected chi connectivity index (χ4v) is 1.20. The van der Waals surface area contributed by atoms with Gasteiger partial charge in [-0.2, -0.15) is 0 Å². The molecule has 90 valence electrons. The zero-order chi connectivity index (χ0) is 13.7. The van der Waals surface area contributed by atoms with E-state index in [4.69, 9.17) is 0 Å². The number of rotatable bonds is 3. The second kappa shape index (κ2) is 5.34. The lowest BCUT2D eigenvalue weighted by molar-refractivity contribution is 0.709. The van der Waals surface area contributed by atoms with Crippen LogP contribution in [0.25, 0.3) is 18.6 Å². The maximum Gasteiger partial charge on any atom is 0.345 e. The van der Waals surface area contributed by atoms with Crippen molar-refractivity contribution in [1.82, 2.24) is 13.7 Å². The van der Waals surface area contributed by atoms with Gasteiger partial charge in [-0.25, -0.2) is 28.1 Å². The molecule has 0 unspecified atom stereocenters. The molecule has 1 aromatic rings. The molecule has 0 atom stereocenters. The third kappa shape index (κ3) is 2.07. The third-order valence-electron chi connectivity index (χ3n) is 1.90. The van der Waals surface area contributed by atoms with Crippen LogP contribution in [0, 0.1) is 0 Å². The molecule has 1 heterocycles. The Hall–Kier alpha value is -3.03. The van der Waals surface area contributed by atoms with Gasteiger partial charge in [0.1, 0.15) is 0 Å². The van der Waals surface area contributed by atoms with Gasteiger partial charge in [-0.3, -0.25) is 0 Å². The summed E-state index contributed by atoms with van der Waals surface area (Å²) in [5, 5.41) is 0. The van der Waals surface area contributed by atoms with E-state index in [-0.39, 0.29) is 0 Å². The van der Waals surface area contributed by atoms with Crippen molar-refractivity contribution in [3.05, 3.63) is 68.4 Å². The SMILES string of the molecule is C=C=Cn1c(=O)n(C=C=C)c(=O)n(C=C=C)c1=O. The molecule has 0 aliphatic heterocycles. The summed E-state index contributed by atoms with van der Waals surface area (Å²) in [5.74, 6) is 0. The van der Waals surface area contributed by atoms with Crippen molar-refractivity contribution in [2.45, 2.75) is 0 Å². The normalized spacial score (nSPS) is 8.67. The first kappa shape index (κ1) is 13.0. The Morgan fingerprint density at radius 3 is 1.06 bits per heavy atom. The molecule has 1 aromatic heterocycles. The second-order valence-corrected chi connectivity index (χ2v) is 2.96. The monoisotopic (exact) mass is 243 g/mol. The molecule has 0 radical (unpaired) electrons. The molecule has 0 aromatic carbocycles. The summed E-state index contributed by atoms with van der Waals surface area (Å²) in [4.78, 5) is 35.4. The second-order valence-electron chi connectivity index (χ2n) is 2.96. The summed E-state index contributed by atoms with van der Waals surface area (Å²) >= 11 is 0. The van der Waals surface area contributed by atoms with E-state index < -0.39 is 17.1 Å². The van der Waals surface area contributed by atoms with Gasteiger partial charge < -0.3 is 0 Å². The van der Waals surface area contributed by atoms with Crippen LogP contribution < -0.4 is 17.1 Å². The topological polar surface area (TPSA) is 66.0 Å². The minimum absolute atomic E-state index is 0.663. The smallest absolute Gasteiger partial charge is 0.246 e. The van der Waals surface area contributed by atoms with Crippen LogP contribution in [0.1, 0.15) is 0 Å². The first-order valence-electron chi connectivity index (χ1n) is 4.66.